The van der Waals surface area contributed by atoms with Crippen molar-refractivity contribution in [3.8, 4) is 0 Å². The standard InChI is InChI=1S/C14H23N4O11P3/c1-9-6-10(27-14(9)18-5-4-11-12(15)16-8-17-13(11)18)7-26-31(21,22)29-32(23,25-3)28-30(19,20)24-2/h4-5,8-10,14H,6-7H2,1-3H3,(H,19,20)(H,21,22)(H2,15,16,17). The molecule has 6 atom stereocenters. The highest BCUT2D eigenvalue weighted by atomic mass is 31.3. The monoisotopic (exact) mass is 516 g/mol. The van der Waals surface area contributed by atoms with E-state index in [0.29, 0.717) is 23.3 Å². The van der Waals surface area contributed by atoms with Gasteiger partial charge in [0.15, 0.2) is 0 Å². The SMILES string of the molecule is COP(=O)(O)OP(=O)(OC)OP(=O)(O)OCC1CC(C)C(n2ccc3c(N)ncnc32)O1. The number of hydrogen-bond acceptors (Lipinski definition) is 12. The third kappa shape index (κ3) is 5.82. The minimum Gasteiger partial charge on any atom is -0.383 e. The van der Waals surface area contributed by atoms with Crippen LogP contribution in [0.3, 0.4) is 0 Å². The maximum atomic E-state index is 12.2. The molecule has 2 aromatic rings. The molecule has 180 valence electrons. The van der Waals surface area contributed by atoms with Gasteiger partial charge in [0.05, 0.1) is 18.1 Å². The fourth-order valence-electron chi connectivity index (χ4n) is 3.13. The van der Waals surface area contributed by atoms with Gasteiger partial charge in [-0.15, -0.1) is 0 Å². The normalized spacial score (nSPS) is 27.1. The lowest BCUT2D eigenvalue weighted by molar-refractivity contribution is -0.0288. The maximum absolute atomic E-state index is 12.2. The lowest BCUT2D eigenvalue weighted by Crippen LogP contribution is -2.17. The van der Waals surface area contributed by atoms with Crippen molar-refractivity contribution in [1.29, 1.82) is 0 Å². The molecule has 0 aromatic carbocycles. The van der Waals surface area contributed by atoms with Crippen LogP contribution in [0.15, 0.2) is 18.6 Å². The summed E-state index contributed by atoms with van der Waals surface area (Å²) in [5.41, 5.74) is 6.42. The molecule has 0 saturated carbocycles. The zero-order valence-corrected chi connectivity index (χ0v) is 19.9. The van der Waals surface area contributed by atoms with Crippen molar-refractivity contribution in [3.05, 3.63) is 18.6 Å². The predicted octanol–water partition coefficient (Wildman–Crippen LogP) is 2.59. The Hall–Kier alpha value is -1.21. The number of nitrogen functional groups attached to an aromatic ring is 1. The van der Waals surface area contributed by atoms with E-state index in [1.165, 1.54) is 6.33 Å². The van der Waals surface area contributed by atoms with Crippen molar-refractivity contribution in [2.45, 2.75) is 25.7 Å². The van der Waals surface area contributed by atoms with Crippen molar-refractivity contribution in [2.75, 3.05) is 26.6 Å². The number of hydrogen-bond donors (Lipinski definition) is 3. The van der Waals surface area contributed by atoms with Crippen molar-refractivity contribution in [3.63, 3.8) is 0 Å². The number of nitrogens with zero attached hydrogens (tertiary/aromatic N) is 3. The van der Waals surface area contributed by atoms with Crippen LogP contribution < -0.4 is 5.73 Å². The van der Waals surface area contributed by atoms with E-state index >= 15 is 0 Å². The van der Waals surface area contributed by atoms with Crippen LogP contribution in [-0.4, -0.2) is 51.3 Å². The Bertz CT molecular complexity index is 1110. The zero-order valence-electron chi connectivity index (χ0n) is 17.2. The molecule has 3 rings (SSSR count). The molecular weight excluding hydrogens is 493 g/mol. The van der Waals surface area contributed by atoms with Gasteiger partial charge in [-0.2, -0.15) is 8.62 Å². The molecule has 0 bridgehead atoms. The van der Waals surface area contributed by atoms with Crippen LogP contribution in [-0.2, 0) is 40.6 Å². The van der Waals surface area contributed by atoms with Gasteiger partial charge in [0.2, 0.25) is 0 Å². The summed E-state index contributed by atoms with van der Waals surface area (Å²) in [6.07, 6.45) is 2.42. The van der Waals surface area contributed by atoms with E-state index in [4.69, 9.17) is 15.0 Å². The molecule has 1 saturated heterocycles. The molecule has 2 aromatic heterocycles. The van der Waals surface area contributed by atoms with Crippen molar-refractivity contribution in [1.82, 2.24) is 14.5 Å². The third-order valence-electron chi connectivity index (χ3n) is 4.55. The second-order valence-electron chi connectivity index (χ2n) is 6.79. The molecule has 3 heterocycles. The van der Waals surface area contributed by atoms with Crippen molar-refractivity contribution < 1.29 is 50.4 Å². The first-order valence-electron chi connectivity index (χ1n) is 9.05. The van der Waals surface area contributed by atoms with Crippen LogP contribution in [0, 0.1) is 5.92 Å². The number of phosphoric ester groups is 2. The lowest BCUT2D eigenvalue weighted by Gasteiger charge is -2.21. The summed E-state index contributed by atoms with van der Waals surface area (Å²) >= 11 is 0. The van der Waals surface area contributed by atoms with Crippen LogP contribution in [0.2, 0.25) is 0 Å². The van der Waals surface area contributed by atoms with Crippen molar-refractivity contribution >= 4 is 40.3 Å². The smallest absolute Gasteiger partial charge is 0.383 e. The quantitative estimate of drug-likeness (QED) is 0.389. The Morgan fingerprint density at radius 1 is 1.19 bits per heavy atom. The van der Waals surface area contributed by atoms with Gasteiger partial charge in [-0.05, 0) is 12.5 Å². The number of nitrogens with two attached hydrogens (primary N) is 1. The van der Waals surface area contributed by atoms with Gasteiger partial charge < -0.3 is 24.8 Å². The second-order valence-corrected chi connectivity index (χ2v) is 11.9. The molecule has 18 heteroatoms. The van der Waals surface area contributed by atoms with Crippen molar-refractivity contribution in [2.24, 2.45) is 5.92 Å². The van der Waals surface area contributed by atoms with E-state index in [1.54, 1.807) is 16.8 Å². The third-order valence-corrected chi connectivity index (χ3v) is 9.19. The predicted molar refractivity (Wildman–Crippen MR) is 109 cm³/mol. The van der Waals surface area contributed by atoms with Crippen LogP contribution in [0.25, 0.3) is 11.0 Å². The van der Waals surface area contributed by atoms with Gasteiger partial charge in [0.25, 0.3) is 0 Å². The van der Waals surface area contributed by atoms with E-state index in [9.17, 15) is 23.5 Å². The van der Waals surface area contributed by atoms with Crippen LogP contribution >= 0.6 is 23.5 Å². The minimum atomic E-state index is -5.05. The summed E-state index contributed by atoms with van der Waals surface area (Å²) in [4.78, 5) is 27.3. The fourth-order valence-corrected chi connectivity index (χ4v) is 6.88. The van der Waals surface area contributed by atoms with Gasteiger partial charge in [-0.3, -0.25) is 13.6 Å². The Morgan fingerprint density at radius 2 is 1.88 bits per heavy atom. The largest absolute Gasteiger partial charge is 0.492 e. The number of fused-ring (bicyclic) bond motifs is 1. The van der Waals surface area contributed by atoms with E-state index in [2.05, 4.69) is 27.6 Å². The molecule has 4 N–H and O–H groups in total. The summed E-state index contributed by atoms with van der Waals surface area (Å²) in [6.45, 7) is 1.49. The fraction of sp³-hybridized carbons (Fsp3) is 0.571. The molecule has 1 fully saturated rings. The van der Waals surface area contributed by atoms with E-state index in [1.807, 2.05) is 6.92 Å². The highest BCUT2D eigenvalue weighted by Crippen LogP contribution is 2.69. The Balaban J connectivity index is 1.64. The van der Waals surface area contributed by atoms with Crippen LogP contribution in [0.5, 0.6) is 0 Å². The number of phosphoric acid groups is 3. The molecule has 0 aliphatic carbocycles. The number of aromatic nitrogens is 3. The highest BCUT2D eigenvalue weighted by Gasteiger charge is 2.44. The molecule has 0 amide bonds. The first-order valence-corrected chi connectivity index (χ1v) is 13.5. The topological polar surface area (TPSA) is 204 Å². The second kappa shape index (κ2) is 9.57. The first-order chi connectivity index (χ1) is 14.9. The summed E-state index contributed by atoms with van der Waals surface area (Å²) in [7, 11) is -13.3. The molecule has 0 spiro atoms. The summed E-state index contributed by atoms with van der Waals surface area (Å²) < 4.78 is 65.4. The van der Waals surface area contributed by atoms with Crippen LogP contribution in [0.4, 0.5) is 5.82 Å². The number of rotatable bonds is 10. The Kier molecular flexibility index (Phi) is 7.60. The number of anilines is 1. The zero-order chi connectivity index (χ0) is 23.7. The summed E-state index contributed by atoms with van der Waals surface area (Å²) in [5, 5.41) is 0.656. The Morgan fingerprint density at radius 3 is 2.53 bits per heavy atom. The molecule has 0 radical (unpaired) electrons. The molecule has 32 heavy (non-hydrogen) atoms. The minimum absolute atomic E-state index is 0.0373. The van der Waals surface area contributed by atoms with E-state index in [-0.39, 0.29) is 5.92 Å². The van der Waals surface area contributed by atoms with E-state index in [0.717, 1.165) is 14.2 Å². The summed E-state index contributed by atoms with van der Waals surface area (Å²) in [5.74, 6) is 0.285. The van der Waals surface area contributed by atoms with Gasteiger partial charge in [-0.1, -0.05) is 6.92 Å². The first kappa shape index (κ1) is 25.4. The summed E-state index contributed by atoms with van der Waals surface area (Å²) in [6, 6.07) is 1.75. The van der Waals surface area contributed by atoms with E-state index < -0.39 is 42.4 Å². The molecule has 6 unspecified atom stereocenters. The highest BCUT2D eigenvalue weighted by molar-refractivity contribution is 7.67. The Labute approximate surface area is 182 Å². The van der Waals surface area contributed by atoms with Gasteiger partial charge in [0.1, 0.15) is 24.0 Å². The molecule has 15 nitrogen and oxygen atoms in total. The molecular formula is C14H23N4O11P3. The van der Waals surface area contributed by atoms with Crippen LogP contribution in [0.1, 0.15) is 19.6 Å². The number of ether oxygens (including phenoxy) is 1. The molecule has 1 aliphatic rings. The lowest BCUT2D eigenvalue weighted by atomic mass is 10.1. The van der Waals surface area contributed by atoms with Gasteiger partial charge >= 0.3 is 23.5 Å². The average Bonchev–Trinajstić information content (AvgIpc) is 3.29. The van der Waals surface area contributed by atoms with Gasteiger partial charge in [-0.25, -0.2) is 23.7 Å². The average molecular weight is 516 g/mol. The molecule has 1 aliphatic heterocycles. The maximum Gasteiger partial charge on any atom is 0.492 e. The van der Waals surface area contributed by atoms with Gasteiger partial charge in [0, 0.05) is 26.3 Å².